The Bertz CT molecular complexity index is 396. The molecule has 0 radical (unpaired) electrons. The van der Waals surface area contributed by atoms with Crippen molar-refractivity contribution in [2.24, 2.45) is 0 Å². The molecule has 0 saturated carbocycles. The van der Waals surface area contributed by atoms with Gasteiger partial charge in [-0.05, 0) is 19.1 Å². The number of nitrogens with one attached hydrogen (secondary N) is 2. The van der Waals surface area contributed by atoms with Gasteiger partial charge in [-0.3, -0.25) is 0 Å². The van der Waals surface area contributed by atoms with Crippen molar-refractivity contribution in [3.05, 3.63) is 28.2 Å². The Morgan fingerprint density at radius 2 is 2.31 bits per heavy atom. The van der Waals surface area contributed by atoms with Crippen molar-refractivity contribution in [3.8, 4) is 6.07 Å². The first-order valence-corrected chi connectivity index (χ1v) is 4.70. The summed E-state index contributed by atoms with van der Waals surface area (Å²) in [5, 5.41) is 9.02. The summed E-state index contributed by atoms with van der Waals surface area (Å²) in [5.74, 6) is 0. The molecule has 1 aliphatic heterocycles. The molecule has 0 fully saturated rings. The monoisotopic (exact) mass is 237 g/mol. The van der Waals surface area contributed by atoms with E-state index in [0.29, 0.717) is 0 Å². The van der Waals surface area contributed by atoms with Crippen LogP contribution in [0.15, 0.2) is 22.7 Å². The lowest BCUT2D eigenvalue weighted by Crippen LogP contribution is -2.35. The van der Waals surface area contributed by atoms with E-state index in [1.165, 1.54) is 0 Å². The van der Waals surface area contributed by atoms with Crippen molar-refractivity contribution in [1.29, 1.82) is 5.26 Å². The van der Waals surface area contributed by atoms with Crippen molar-refractivity contribution in [2.75, 3.05) is 5.43 Å². The van der Waals surface area contributed by atoms with Gasteiger partial charge in [-0.25, -0.2) is 5.43 Å². The predicted molar refractivity (Wildman–Crippen MR) is 53.9 cm³/mol. The molecule has 0 aromatic heterocycles. The number of hydrogen-bond donors (Lipinski definition) is 2. The fourth-order valence-corrected chi connectivity index (χ4v) is 2.24. The molecule has 1 aromatic rings. The van der Waals surface area contributed by atoms with Crippen molar-refractivity contribution in [2.45, 2.75) is 12.5 Å². The summed E-state index contributed by atoms with van der Waals surface area (Å²) in [5.41, 5.74) is 7.21. The number of halogens is 1. The lowest BCUT2D eigenvalue weighted by molar-refractivity contribution is 0.546. The number of benzene rings is 1. The second-order valence-corrected chi connectivity index (χ2v) is 4.00. The first-order valence-electron chi connectivity index (χ1n) is 3.91. The Kier molecular flexibility index (Phi) is 1.79. The number of hydrogen-bond acceptors (Lipinski definition) is 3. The van der Waals surface area contributed by atoms with Gasteiger partial charge in [0.1, 0.15) is 5.54 Å². The van der Waals surface area contributed by atoms with Gasteiger partial charge >= 0.3 is 0 Å². The highest BCUT2D eigenvalue weighted by Crippen LogP contribution is 2.37. The molecule has 66 valence electrons. The van der Waals surface area contributed by atoms with Gasteiger partial charge in [-0.15, -0.1) is 0 Å². The highest BCUT2D eigenvalue weighted by Gasteiger charge is 2.35. The van der Waals surface area contributed by atoms with Crippen LogP contribution in [0.25, 0.3) is 0 Å². The Morgan fingerprint density at radius 3 is 3.00 bits per heavy atom. The number of anilines is 1. The maximum absolute atomic E-state index is 9.02. The highest BCUT2D eigenvalue weighted by molar-refractivity contribution is 9.10. The quantitative estimate of drug-likeness (QED) is 0.727. The van der Waals surface area contributed by atoms with Crippen LogP contribution >= 0.6 is 15.9 Å². The zero-order chi connectivity index (χ0) is 9.47. The van der Waals surface area contributed by atoms with Gasteiger partial charge in [-0.1, -0.05) is 22.0 Å². The largest absolute Gasteiger partial charge is 0.319 e. The van der Waals surface area contributed by atoms with E-state index < -0.39 is 5.54 Å². The molecule has 0 aliphatic carbocycles. The average molecular weight is 238 g/mol. The summed E-state index contributed by atoms with van der Waals surface area (Å²) in [6, 6.07) is 8.04. The molecule has 3 nitrogen and oxygen atoms in total. The van der Waals surface area contributed by atoms with Gasteiger partial charge in [0.05, 0.1) is 11.8 Å². The van der Waals surface area contributed by atoms with Gasteiger partial charge < -0.3 is 5.43 Å². The summed E-state index contributed by atoms with van der Waals surface area (Å²) >= 11 is 3.43. The maximum atomic E-state index is 9.02. The summed E-state index contributed by atoms with van der Waals surface area (Å²) in [4.78, 5) is 0. The van der Waals surface area contributed by atoms with Crippen LogP contribution in [0.5, 0.6) is 0 Å². The zero-order valence-corrected chi connectivity index (χ0v) is 8.64. The second-order valence-electron chi connectivity index (χ2n) is 3.15. The SMILES string of the molecule is CC1(C#N)NNc2cccc(Br)c21. The van der Waals surface area contributed by atoms with Crippen LogP contribution < -0.4 is 10.9 Å². The molecular formula is C9H8BrN3. The summed E-state index contributed by atoms with van der Waals surface area (Å²) in [6.07, 6.45) is 0. The van der Waals surface area contributed by atoms with E-state index in [9.17, 15) is 0 Å². The average Bonchev–Trinajstić information content (AvgIpc) is 2.47. The summed E-state index contributed by atoms with van der Waals surface area (Å²) in [6.45, 7) is 1.84. The minimum atomic E-state index is -0.643. The number of nitriles is 1. The fraction of sp³-hybridized carbons (Fsp3) is 0.222. The molecular weight excluding hydrogens is 230 g/mol. The molecule has 1 unspecified atom stereocenters. The van der Waals surface area contributed by atoms with Gasteiger partial charge in [-0.2, -0.15) is 5.26 Å². The Labute approximate surface area is 84.9 Å². The predicted octanol–water partition coefficient (Wildman–Crippen LogP) is 2.12. The molecule has 0 bridgehead atoms. The molecule has 0 amide bonds. The van der Waals surface area contributed by atoms with Crippen LogP contribution in [0.3, 0.4) is 0 Å². The topological polar surface area (TPSA) is 47.9 Å². The Hall–Kier alpha value is -1.05. The molecule has 2 N–H and O–H groups in total. The molecule has 0 saturated heterocycles. The van der Waals surface area contributed by atoms with Crippen LogP contribution in [0, 0.1) is 11.3 Å². The molecule has 1 aromatic carbocycles. The van der Waals surface area contributed by atoms with Gasteiger partial charge in [0.25, 0.3) is 0 Å². The Morgan fingerprint density at radius 1 is 1.54 bits per heavy atom. The van der Waals surface area contributed by atoms with E-state index in [4.69, 9.17) is 5.26 Å². The van der Waals surface area contributed by atoms with E-state index in [-0.39, 0.29) is 0 Å². The van der Waals surface area contributed by atoms with Gasteiger partial charge in [0.2, 0.25) is 0 Å². The van der Waals surface area contributed by atoms with Crippen LogP contribution in [0.2, 0.25) is 0 Å². The third kappa shape index (κ3) is 1.12. The number of nitrogens with zero attached hydrogens (tertiary/aromatic N) is 1. The fourth-order valence-electron chi connectivity index (χ4n) is 1.48. The van der Waals surface area contributed by atoms with Crippen molar-refractivity contribution < 1.29 is 0 Å². The lowest BCUT2D eigenvalue weighted by atomic mass is 9.95. The standard InChI is InChI=1S/C9H8BrN3/c1-9(5-11)8-6(10)3-2-4-7(8)12-13-9/h2-4,12-13H,1H3. The van der Waals surface area contributed by atoms with Crippen LogP contribution in [-0.2, 0) is 5.54 Å². The van der Waals surface area contributed by atoms with Crippen molar-refractivity contribution in [3.63, 3.8) is 0 Å². The minimum absolute atomic E-state index is 0.643. The molecule has 1 heterocycles. The molecule has 13 heavy (non-hydrogen) atoms. The Balaban J connectivity index is 2.66. The smallest absolute Gasteiger partial charge is 0.148 e. The molecule has 1 aliphatic rings. The first kappa shape index (κ1) is 8.54. The van der Waals surface area contributed by atoms with Crippen LogP contribution in [0.4, 0.5) is 5.69 Å². The van der Waals surface area contributed by atoms with Crippen molar-refractivity contribution >= 4 is 21.6 Å². The molecule has 1 atom stereocenters. The molecule has 4 heteroatoms. The van der Waals surface area contributed by atoms with E-state index >= 15 is 0 Å². The zero-order valence-electron chi connectivity index (χ0n) is 7.06. The van der Waals surface area contributed by atoms with E-state index in [2.05, 4.69) is 32.9 Å². The number of fused-ring (bicyclic) bond motifs is 1. The van der Waals surface area contributed by atoms with Crippen LogP contribution in [0.1, 0.15) is 12.5 Å². The summed E-state index contributed by atoms with van der Waals surface area (Å²) < 4.78 is 0.951. The number of hydrazine groups is 1. The van der Waals surface area contributed by atoms with E-state index in [1.807, 2.05) is 25.1 Å². The van der Waals surface area contributed by atoms with Gasteiger partial charge in [0, 0.05) is 10.0 Å². The van der Waals surface area contributed by atoms with Crippen LogP contribution in [-0.4, -0.2) is 0 Å². The maximum Gasteiger partial charge on any atom is 0.148 e. The number of rotatable bonds is 0. The molecule has 0 spiro atoms. The third-order valence-electron chi connectivity index (χ3n) is 2.18. The third-order valence-corrected chi connectivity index (χ3v) is 2.85. The normalized spacial score (nSPS) is 24.7. The van der Waals surface area contributed by atoms with E-state index in [0.717, 1.165) is 15.7 Å². The van der Waals surface area contributed by atoms with Gasteiger partial charge in [0.15, 0.2) is 0 Å². The highest BCUT2D eigenvalue weighted by atomic mass is 79.9. The lowest BCUT2D eigenvalue weighted by Gasteiger charge is -2.15. The second kappa shape index (κ2) is 2.72. The van der Waals surface area contributed by atoms with Crippen molar-refractivity contribution in [1.82, 2.24) is 5.43 Å². The molecule has 2 rings (SSSR count). The summed E-state index contributed by atoms with van der Waals surface area (Å²) in [7, 11) is 0. The first-order chi connectivity index (χ1) is 6.17. The van der Waals surface area contributed by atoms with E-state index in [1.54, 1.807) is 0 Å². The minimum Gasteiger partial charge on any atom is -0.319 e.